The van der Waals surface area contributed by atoms with Crippen molar-refractivity contribution in [3.8, 4) is 0 Å². The predicted octanol–water partition coefficient (Wildman–Crippen LogP) is 3.00. The number of amides is 1. The van der Waals surface area contributed by atoms with Crippen molar-refractivity contribution in [2.45, 2.75) is 33.2 Å². The van der Waals surface area contributed by atoms with E-state index >= 15 is 0 Å². The third-order valence-electron chi connectivity index (χ3n) is 2.67. The third kappa shape index (κ3) is 2.60. The van der Waals surface area contributed by atoms with Crippen LogP contribution in [0, 0.1) is 12.7 Å². The fraction of sp³-hybridized carbons (Fsp3) is 0.462. The van der Waals surface area contributed by atoms with Gasteiger partial charge in [0.05, 0.1) is 5.56 Å². The molecule has 0 spiro atoms. The Morgan fingerprint density at radius 1 is 1.31 bits per heavy atom. The Bertz CT molecular complexity index is 407. The van der Waals surface area contributed by atoms with Crippen LogP contribution >= 0.6 is 0 Å². The minimum absolute atomic E-state index is 0.128. The minimum atomic E-state index is -0.457. The van der Waals surface area contributed by atoms with Gasteiger partial charge >= 0.3 is 0 Å². The largest absolute Gasteiger partial charge is 0.337 e. The zero-order valence-corrected chi connectivity index (χ0v) is 10.5. The highest BCUT2D eigenvalue weighted by Crippen LogP contribution is 2.17. The van der Waals surface area contributed by atoms with Gasteiger partial charge in [-0.3, -0.25) is 4.79 Å². The van der Waals surface area contributed by atoms with Crippen LogP contribution in [0.2, 0.25) is 0 Å². The zero-order chi connectivity index (χ0) is 12.5. The number of hydrogen-bond acceptors (Lipinski definition) is 1. The second-order valence-corrected chi connectivity index (χ2v) is 5.02. The average Bonchev–Trinajstić information content (AvgIpc) is 2.14. The number of nitrogens with zero attached hydrogens (tertiary/aromatic N) is 1. The number of aryl methyl sites for hydroxylation is 1. The van der Waals surface area contributed by atoms with Crippen LogP contribution in [0.15, 0.2) is 18.2 Å². The summed E-state index contributed by atoms with van der Waals surface area (Å²) in [5.41, 5.74) is 0.629. The summed E-state index contributed by atoms with van der Waals surface area (Å²) in [7, 11) is 1.68. The molecule has 0 radical (unpaired) electrons. The molecule has 0 aliphatic rings. The van der Waals surface area contributed by atoms with Gasteiger partial charge in [-0.05, 0) is 45.4 Å². The molecule has 0 aromatic heterocycles. The highest BCUT2D eigenvalue weighted by molar-refractivity contribution is 5.94. The lowest BCUT2D eigenvalue weighted by Gasteiger charge is -2.32. The van der Waals surface area contributed by atoms with Gasteiger partial charge in [-0.15, -0.1) is 0 Å². The summed E-state index contributed by atoms with van der Waals surface area (Å²) in [5, 5.41) is 0. The first-order valence-corrected chi connectivity index (χ1v) is 5.28. The summed E-state index contributed by atoms with van der Waals surface area (Å²) in [4.78, 5) is 13.6. The first-order valence-electron chi connectivity index (χ1n) is 5.28. The fourth-order valence-electron chi connectivity index (χ4n) is 1.28. The SMILES string of the molecule is Cc1ccc(C(=O)N(C)C(C)(C)C)c(F)c1. The average molecular weight is 223 g/mol. The van der Waals surface area contributed by atoms with Crippen molar-refractivity contribution in [1.82, 2.24) is 4.90 Å². The maximum atomic E-state index is 13.6. The van der Waals surface area contributed by atoms with E-state index in [4.69, 9.17) is 0 Å². The highest BCUT2D eigenvalue weighted by atomic mass is 19.1. The van der Waals surface area contributed by atoms with E-state index in [-0.39, 0.29) is 17.0 Å². The van der Waals surface area contributed by atoms with Gasteiger partial charge in [0.25, 0.3) is 5.91 Å². The number of carbonyl (C=O) groups excluding carboxylic acids is 1. The maximum absolute atomic E-state index is 13.6. The lowest BCUT2D eigenvalue weighted by molar-refractivity contribution is 0.0651. The fourth-order valence-corrected chi connectivity index (χ4v) is 1.28. The first-order chi connectivity index (χ1) is 7.23. The van der Waals surface area contributed by atoms with Crippen LogP contribution in [0.3, 0.4) is 0 Å². The molecule has 1 aromatic rings. The van der Waals surface area contributed by atoms with Crippen LogP contribution < -0.4 is 0 Å². The molecule has 0 fully saturated rings. The Morgan fingerprint density at radius 3 is 2.31 bits per heavy atom. The van der Waals surface area contributed by atoms with Crippen molar-refractivity contribution in [3.63, 3.8) is 0 Å². The summed E-state index contributed by atoms with van der Waals surface area (Å²) >= 11 is 0. The molecule has 16 heavy (non-hydrogen) atoms. The van der Waals surface area contributed by atoms with Gasteiger partial charge in [0.2, 0.25) is 0 Å². The molecule has 0 aliphatic carbocycles. The summed E-state index contributed by atoms with van der Waals surface area (Å²) < 4.78 is 13.6. The van der Waals surface area contributed by atoms with E-state index in [1.54, 1.807) is 24.9 Å². The van der Waals surface area contributed by atoms with Crippen molar-refractivity contribution in [1.29, 1.82) is 0 Å². The number of carbonyl (C=O) groups is 1. The molecular weight excluding hydrogens is 205 g/mol. The van der Waals surface area contributed by atoms with Gasteiger partial charge in [0.1, 0.15) is 5.82 Å². The molecule has 0 heterocycles. The smallest absolute Gasteiger partial charge is 0.257 e. The maximum Gasteiger partial charge on any atom is 0.257 e. The van der Waals surface area contributed by atoms with E-state index in [1.807, 2.05) is 20.8 Å². The molecule has 0 N–H and O–H groups in total. The van der Waals surface area contributed by atoms with Crippen LogP contribution in [0.4, 0.5) is 4.39 Å². The standard InChI is InChI=1S/C13H18FNO/c1-9-6-7-10(11(14)8-9)12(16)15(5)13(2,3)4/h6-8H,1-5H3. The predicted molar refractivity (Wildman–Crippen MR) is 63.0 cm³/mol. The van der Waals surface area contributed by atoms with Crippen LogP contribution in [0.5, 0.6) is 0 Å². The van der Waals surface area contributed by atoms with Crippen molar-refractivity contribution in [2.75, 3.05) is 7.05 Å². The molecule has 0 unspecified atom stereocenters. The second kappa shape index (κ2) is 4.24. The molecule has 0 aliphatic heterocycles. The van der Waals surface area contributed by atoms with E-state index in [0.29, 0.717) is 0 Å². The van der Waals surface area contributed by atoms with Crippen molar-refractivity contribution in [2.24, 2.45) is 0 Å². The number of benzene rings is 1. The summed E-state index contributed by atoms with van der Waals surface area (Å²) in [6, 6.07) is 4.66. The van der Waals surface area contributed by atoms with Crippen molar-refractivity contribution < 1.29 is 9.18 Å². The van der Waals surface area contributed by atoms with Gasteiger partial charge in [-0.2, -0.15) is 0 Å². The van der Waals surface area contributed by atoms with Crippen LogP contribution in [-0.4, -0.2) is 23.4 Å². The van der Waals surface area contributed by atoms with Crippen molar-refractivity contribution in [3.05, 3.63) is 35.1 Å². The van der Waals surface area contributed by atoms with Gasteiger partial charge in [-0.25, -0.2) is 4.39 Å². The van der Waals surface area contributed by atoms with Crippen LogP contribution in [-0.2, 0) is 0 Å². The van der Waals surface area contributed by atoms with Gasteiger partial charge in [0, 0.05) is 12.6 Å². The molecule has 3 heteroatoms. The normalized spacial score (nSPS) is 11.4. The van der Waals surface area contributed by atoms with E-state index in [2.05, 4.69) is 0 Å². The monoisotopic (exact) mass is 223 g/mol. The van der Waals surface area contributed by atoms with E-state index < -0.39 is 5.82 Å². The van der Waals surface area contributed by atoms with E-state index in [9.17, 15) is 9.18 Å². The number of halogens is 1. The molecular formula is C13H18FNO. The second-order valence-electron chi connectivity index (χ2n) is 5.02. The third-order valence-corrected chi connectivity index (χ3v) is 2.67. The Hall–Kier alpha value is -1.38. The van der Waals surface area contributed by atoms with E-state index in [0.717, 1.165) is 5.56 Å². The summed E-state index contributed by atoms with van der Waals surface area (Å²) in [6.07, 6.45) is 0. The summed E-state index contributed by atoms with van der Waals surface area (Å²) in [5.74, 6) is -0.744. The lowest BCUT2D eigenvalue weighted by atomic mass is 10.0. The van der Waals surface area contributed by atoms with Crippen LogP contribution in [0.1, 0.15) is 36.7 Å². The van der Waals surface area contributed by atoms with Crippen molar-refractivity contribution >= 4 is 5.91 Å². The Kier molecular flexibility index (Phi) is 3.36. The Balaban J connectivity index is 3.06. The quantitative estimate of drug-likeness (QED) is 0.716. The summed E-state index contributed by atoms with van der Waals surface area (Å²) in [6.45, 7) is 7.54. The Labute approximate surface area is 96.1 Å². The van der Waals surface area contributed by atoms with Gasteiger partial charge in [-0.1, -0.05) is 6.07 Å². The molecule has 88 valence electrons. The van der Waals surface area contributed by atoms with E-state index in [1.165, 1.54) is 12.1 Å². The molecule has 0 saturated heterocycles. The molecule has 0 saturated carbocycles. The lowest BCUT2D eigenvalue weighted by Crippen LogP contribution is -2.42. The number of hydrogen-bond donors (Lipinski definition) is 0. The topological polar surface area (TPSA) is 20.3 Å². The van der Waals surface area contributed by atoms with Crippen LogP contribution in [0.25, 0.3) is 0 Å². The first kappa shape index (κ1) is 12.7. The molecule has 1 amide bonds. The van der Waals surface area contributed by atoms with Gasteiger partial charge < -0.3 is 4.90 Å². The number of rotatable bonds is 1. The Morgan fingerprint density at radius 2 is 1.88 bits per heavy atom. The molecule has 1 rings (SSSR count). The minimum Gasteiger partial charge on any atom is -0.337 e. The molecule has 0 bridgehead atoms. The molecule has 1 aromatic carbocycles. The molecule has 2 nitrogen and oxygen atoms in total. The highest BCUT2D eigenvalue weighted by Gasteiger charge is 2.25. The van der Waals surface area contributed by atoms with Gasteiger partial charge in [0.15, 0.2) is 0 Å². The molecule has 0 atom stereocenters. The zero-order valence-electron chi connectivity index (χ0n) is 10.5.